The second-order valence-electron chi connectivity index (χ2n) is 6.20. The topological polar surface area (TPSA) is 30.0 Å². The number of benzene rings is 1. The molecule has 0 saturated heterocycles. The molecule has 0 spiro atoms. The molecule has 1 aromatic carbocycles. The number of halogens is 1. The van der Waals surface area contributed by atoms with Crippen LogP contribution in [0.4, 0.5) is 0 Å². The van der Waals surface area contributed by atoms with Crippen molar-refractivity contribution in [3.05, 3.63) is 39.4 Å². The molecule has 0 atom stereocenters. The molecule has 104 valence electrons. The Kier molecular flexibility index (Phi) is 3.22. The summed E-state index contributed by atoms with van der Waals surface area (Å²) in [6, 6.07) is 5.93. The highest BCUT2D eigenvalue weighted by Crippen LogP contribution is 2.39. The predicted molar refractivity (Wildman–Crippen MR) is 83.7 cm³/mol. The van der Waals surface area contributed by atoms with E-state index in [0.29, 0.717) is 6.42 Å². The molecular weight excluding hydrogens is 290 g/mol. The highest BCUT2D eigenvalue weighted by Gasteiger charge is 2.33. The third kappa shape index (κ3) is 2.40. The molecule has 0 unspecified atom stereocenters. The molecule has 0 aliphatic heterocycles. The van der Waals surface area contributed by atoms with Gasteiger partial charge in [0.05, 0.1) is 10.6 Å². The first-order valence-electron chi connectivity index (χ1n) is 6.65. The molecule has 2 aromatic rings. The van der Waals surface area contributed by atoms with Gasteiger partial charge in [-0.3, -0.25) is 4.79 Å². The maximum atomic E-state index is 12.2. The van der Waals surface area contributed by atoms with Crippen molar-refractivity contribution in [1.82, 2.24) is 4.98 Å². The van der Waals surface area contributed by atoms with Gasteiger partial charge in [-0.1, -0.05) is 37.6 Å². The molecule has 0 amide bonds. The number of hydrogen-bond acceptors (Lipinski definition) is 3. The molecule has 3 rings (SSSR count). The summed E-state index contributed by atoms with van der Waals surface area (Å²) in [6.45, 7) is 6.22. The van der Waals surface area contributed by atoms with Crippen LogP contribution >= 0.6 is 22.9 Å². The highest BCUT2D eigenvalue weighted by atomic mass is 35.5. The lowest BCUT2D eigenvalue weighted by Gasteiger charge is -2.26. The van der Waals surface area contributed by atoms with Crippen LogP contribution in [0.1, 0.15) is 41.2 Å². The van der Waals surface area contributed by atoms with Gasteiger partial charge in [0.1, 0.15) is 5.01 Å². The zero-order chi connectivity index (χ0) is 14.5. The Morgan fingerprint density at radius 3 is 2.75 bits per heavy atom. The van der Waals surface area contributed by atoms with E-state index < -0.39 is 0 Å². The molecular formula is C16H16ClNOS. The van der Waals surface area contributed by atoms with Crippen molar-refractivity contribution in [2.45, 2.75) is 33.6 Å². The van der Waals surface area contributed by atoms with Crippen LogP contribution in [0.5, 0.6) is 0 Å². The molecule has 20 heavy (non-hydrogen) atoms. The zero-order valence-corrected chi connectivity index (χ0v) is 13.4. The number of aromatic nitrogens is 1. The number of fused-ring (bicyclic) bond motifs is 1. The SMILES string of the molecule is Cc1ccc(-c2nc3c(s2)C(=O)CC(C)(C)C3)cc1Cl. The molecule has 1 heterocycles. The first kappa shape index (κ1) is 13.8. The van der Waals surface area contributed by atoms with Gasteiger partial charge in [-0.05, 0) is 30.4 Å². The van der Waals surface area contributed by atoms with E-state index in [9.17, 15) is 4.79 Å². The summed E-state index contributed by atoms with van der Waals surface area (Å²) < 4.78 is 0. The Bertz CT molecular complexity index is 702. The minimum Gasteiger partial charge on any atom is -0.293 e. The fraction of sp³-hybridized carbons (Fsp3) is 0.375. The monoisotopic (exact) mass is 305 g/mol. The second kappa shape index (κ2) is 4.68. The van der Waals surface area contributed by atoms with E-state index in [2.05, 4.69) is 18.8 Å². The third-order valence-corrected chi connectivity index (χ3v) is 5.25. The predicted octanol–water partition coefficient (Wildman–Crippen LogP) is 4.93. The summed E-state index contributed by atoms with van der Waals surface area (Å²) in [4.78, 5) is 17.7. The molecule has 0 radical (unpaired) electrons. The number of Topliss-reactive ketones (excluding diaryl/α,β-unsaturated/α-hetero) is 1. The molecule has 1 aliphatic rings. The van der Waals surface area contributed by atoms with Crippen LogP contribution in [-0.4, -0.2) is 10.8 Å². The molecule has 1 aromatic heterocycles. The fourth-order valence-electron chi connectivity index (χ4n) is 2.57. The van der Waals surface area contributed by atoms with Crippen LogP contribution in [0, 0.1) is 12.3 Å². The minimum atomic E-state index is 0.0142. The van der Waals surface area contributed by atoms with Crippen molar-refractivity contribution in [1.29, 1.82) is 0 Å². The van der Waals surface area contributed by atoms with Gasteiger partial charge in [0.15, 0.2) is 5.78 Å². The van der Waals surface area contributed by atoms with Crippen LogP contribution in [-0.2, 0) is 6.42 Å². The Morgan fingerprint density at radius 2 is 2.05 bits per heavy atom. The molecule has 0 bridgehead atoms. The lowest BCUT2D eigenvalue weighted by Crippen LogP contribution is -2.25. The van der Waals surface area contributed by atoms with E-state index >= 15 is 0 Å². The van der Waals surface area contributed by atoms with Crippen molar-refractivity contribution >= 4 is 28.7 Å². The smallest absolute Gasteiger partial charge is 0.175 e. The Hall–Kier alpha value is -1.19. The van der Waals surface area contributed by atoms with E-state index in [-0.39, 0.29) is 11.2 Å². The Labute approximate surface area is 127 Å². The Morgan fingerprint density at radius 1 is 1.30 bits per heavy atom. The van der Waals surface area contributed by atoms with Gasteiger partial charge in [0.25, 0.3) is 0 Å². The lowest BCUT2D eigenvalue weighted by molar-refractivity contribution is 0.0916. The van der Waals surface area contributed by atoms with Crippen LogP contribution in [0.3, 0.4) is 0 Å². The number of rotatable bonds is 1. The highest BCUT2D eigenvalue weighted by molar-refractivity contribution is 7.17. The van der Waals surface area contributed by atoms with Crippen LogP contribution < -0.4 is 0 Å². The van der Waals surface area contributed by atoms with Crippen LogP contribution in [0.15, 0.2) is 18.2 Å². The van der Waals surface area contributed by atoms with Crippen molar-refractivity contribution in [2.24, 2.45) is 5.41 Å². The van der Waals surface area contributed by atoms with E-state index in [1.54, 1.807) is 0 Å². The number of carbonyl (C=O) groups is 1. The van der Waals surface area contributed by atoms with Crippen LogP contribution in [0.25, 0.3) is 10.6 Å². The normalized spacial score (nSPS) is 17.1. The molecule has 1 aliphatic carbocycles. The van der Waals surface area contributed by atoms with Crippen molar-refractivity contribution < 1.29 is 4.79 Å². The quantitative estimate of drug-likeness (QED) is 0.748. The van der Waals surface area contributed by atoms with Gasteiger partial charge in [0, 0.05) is 17.0 Å². The number of carbonyl (C=O) groups excluding carboxylic acids is 1. The molecule has 0 fully saturated rings. The average Bonchev–Trinajstić information content (AvgIpc) is 2.75. The first-order chi connectivity index (χ1) is 9.35. The molecule has 4 heteroatoms. The summed E-state index contributed by atoms with van der Waals surface area (Å²) in [7, 11) is 0. The second-order valence-corrected chi connectivity index (χ2v) is 7.61. The average molecular weight is 306 g/mol. The lowest BCUT2D eigenvalue weighted by atomic mass is 9.78. The minimum absolute atomic E-state index is 0.0142. The maximum absolute atomic E-state index is 12.2. The van der Waals surface area contributed by atoms with Gasteiger partial charge in [-0.25, -0.2) is 4.98 Å². The number of thiazole rings is 1. The maximum Gasteiger partial charge on any atom is 0.175 e. The van der Waals surface area contributed by atoms with E-state index in [0.717, 1.165) is 38.1 Å². The summed E-state index contributed by atoms with van der Waals surface area (Å²) in [5.74, 6) is 0.221. The van der Waals surface area contributed by atoms with Gasteiger partial charge >= 0.3 is 0 Å². The van der Waals surface area contributed by atoms with Crippen molar-refractivity contribution in [3.63, 3.8) is 0 Å². The van der Waals surface area contributed by atoms with E-state index in [4.69, 9.17) is 11.6 Å². The zero-order valence-electron chi connectivity index (χ0n) is 11.8. The van der Waals surface area contributed by atoms with E-state index in [1.165, 1.54) is 11.3 Å². The standard InChI is InChI=1S/C16H16ClNOS/c1-9-4-5-10(6-11(9)17)15-18-12-7-16(2,3)8-13(19)14(12)20-15/h4-6H,7-8H2,1-3H3. The van der Waals surface area contributed by atoms with E-state index in [1.807, 2.05) is 25.1 Å². The Balaban J connectivity index is 2.05. The van der Waals surface area contributed by atoms with Crippen molar-refractivity contribution in [2.75, 3.05) is 0 Å². The fourth-order valence-corrected chi connectivity index (χ4v) is 3.77. The number of aryl methyl sites for hydroxylation is 1. The number of nitrogens with zero attached hydrogens (tertiary/aromatic N) is 1. The van der Waals surface area contributed by atoms with Gasteiger partial charge in [-0.2, -0.15) is 0 Å². The van der Waals surface area contributed by atoms with Crippen molar-refractivity contribution in [3.8, 4) is 10.6 Å². The third-order valence-electron chi connectivity index (χ3n) is 3.65. The van der Waals surface area contributed by atoms with Gasteiger partial charge in [-0.15, -0.1) is 11.3 Å². The molecule has 0 saturated carbocycles. The van der Waals surface area contributed by atoms with Gasteiger partial charge in [0.2, 0.25) is 0 Å². The first-order valence-corrected chi connectivity index (χ1v) is 7.85. The number of hydrogen-bond donors (Lipinski definition) is 0. The summed E-state index contributed by atoms with van der Waals surface area (Å²) in [5, 5.41) is 1.63. The van der Waals surface area contributed by atoms with Crippen LogP contribution in [0.2, 0.25) is 5.02 Å². The largest absolute Gasteiger partial charge is 0.293 e. The summed E-state index contributed by atoms with van der Waals surface area (Å²) in [6.07, 6.45) is 1.47. The summed E-state index contributed by atoms with van der Waals surface area (Å²) in [5.41, 5.74) is 3.00. The molecule has 0 N–H and O–H groups in total. The summed E-state index contributed by atoms with van der Waals surface area (Å²) >= 11 is 7.67. The van der Waals surface area contributed by atoms with Gasteiger partial charge < -0.3 is 0 Å². The molecule has 2 nitrogen and oxygen atoms in total. The number of ketones is 1.